The van der Waals surface area contributed by atoms with E-state index in [0.29, 0.717) is 30.5 Å². The molecule has 6 rings (SSSR count). The summed E-state index contributed by atoms with van der Waals surface area (Å²) in [6.45, 7) is 7.48. The van der Waals surface area contributed by atoms with Gasteiger partial charge in [0.1, 0.15) is 12.1 Å². The summed E-state index contributed by atoms with van der Waals surface area (Å²) in [6, 6.07) is 14.8. The van der Waals surface area contributed by atoms with Crippen molar-refractivity contribution in [1.82, 2.24) is 15.1 Å². The molecule has 63 heavy (non-hydrogen) atoms. The van der Waals surface area contributed by atoms with Gasteiger partial charge in [0, 0.05) is 35.3 Å². The molecule has 2 aromatic carbocycles. The third-order valence-electron chi connectivity index (χ3n) is 11.7. The standard InChI is InChI=1S/C45H55F2N4O10PS/c1-43(2,3)41(55)58-26-60-62(57,61-27-59-42(56)44(4,5)6)45(46,47)31-19-20-36-29(21-31)22-37(63-36)38(52)49-34-17-11-10-15-32-16-12-18-35(51(32)39(34)53)40(54)50-24-30(23-48)33(25-50)28-13-8-7-9-14-28/h7-9,13-14,19-22,30,32-35H,10-12,15-18,24-27H2,1-6H3,(H,49,52)/t30-,32+,33?,34+,35+/m1/s1. The number of esters is 2. The van der Waals surface area contributed by atoms with E-state index in [9.17, 15) is 33.8 Å². The van der Waals surface area contributed by atoms with Crippen LogP contribution in [-0.2, 0) is 47.9 Å². The van der Waals surface area contributed by atoms with E-state index >= 15 is 8.78 Å². The van der Waals surface area contributed by atoms with Gasteiger partial charge in [0.15, 0.2) is 0 Å². The first-order chi connectivity index (χ1) is 29.6. The number of alkyl halides is 2. The van der Waals surface area contributed by atoms with Crippen molar-refractivity contribution >= 4 is 58.7 Å². The first kappa shape index (κ1) is 47.7. The summed E-state index contributed by atoms with van der Waals surface area (Å²) in [5, 5.41) is 13.1. The molecule has 3 fully saturated rings. The number of piperidine rings is 1. The van der Waals surface area contributed by atoms with Gasteiger partial charge < -0.3 is 24.6 Å². The Morgan fingerprint density at radius 2 is 1.48 bits per heavy atom. The fourth-order valence-corrected chi connectivity index (χ4v) is 10.3. The number of likely N-dealkylation sites (tertiary alicyclic amines) is 1. The first-order valence-corrected chi connectivity index (χ1v) is 23.5. The molecule has 4 heterocycles. The average Bonchev–Trinajstić information content (AvgIpc) is 3.88. The van der Waals surface area contributed by atoms with Crippen LogP contribution in [0.25, 0.3) is 10.1 Å². The Morgan fingerprint density at radius 3 is 2.10 bits per heavy atom. The molecule has 0 saturated carbocycles. The molecule has 0 aliphatic carbocycles. The van der Waals surface area contributed by atoms with Crippen LogP contribution in [0.4, 0.5) is 8.78 Å². The van der Waals surface area contributed by atoms with E-state index < -0.39 is 79.1 Å². The number of rotatable bonds is 12. The molecule has 14 nitrogen and oxygen atoms in total. The Balaban J connectivity index is 1.19. The van der Waals surface area contributed by atoms with Crippen molar-refractivity contribution in [1.29, 1.82) is 5.26 Å². The first-order valence-electron chi connectivity index (χ1n) is 21.2. The van der Waals surface area contributed by atoms with Crippen LogP contribution in [0.5, 0.6) is 0 Å². The van der Waals surface area contributed by atoms with Crippen molar-refractivity contribution in [3.63, 3.8) is 0 Å². The number of hydrogen-bond acceptors (Lipinski definition) is 12. The number of hydrogen-bond donors (Lipinski definition) is 1. The fourth-order valence-electron chi connectivity index (χ4n) is 8.13. The van der Waals surface area contributed by atoms with Gasteiger partial charge >= 0.3 is 25.2 Å². The second kappa shape index (κ2) is 19.2. The predicted molar refractivity (Wildman–Crippen MR) is 229 cm³/mol. The maximum absolute atomic E-state index is 16.3. The number of carbonyl (C=O) groups excluding carboxylic acids is 5. The molecule has 340 valence electrons. The summed E-state index contributed by atoms with van der Waals surface area (Å²) in [6.07, 6.45) is 4.44. The van der Waals surface area contributed by atoms with Crippen molar-refractivity contribution in [2.75, 3.05) is 26.7 Å². The molecule has 3 aromatic rings. The lowest BCUT2D eigenvalue weighted by Crippen LogP contribution is -2.61. The van der Waals surface area contributed by atoms with Gasteiger partial charge in [0.2, 0.25) is 25.4 Å². The fraction of sp³-hybridized carbons (Fsp3) is 0.556. The molecule has 0 spiro atoms. The molecule has 1 unspecified atom stereocenters. The van der Waals surface area contributed by atoms with Gasteiger partial charge in [-0.25, -0.2) is 0 Å². The normalized spacial score (nSPS) is 22.4. The zero-order chi connectivity index (χ0) is 45.9. The minimum Gasteiger partial charge on any atom is -0.438 e. The Labute approximate surface area is 370 Å². The van der Waals surface area contributed by atoms with Crippen molar-refractivity contribution in [3.05, 3.63) is 70.6 Å². The Morgan fingerprint density at radius 1 is 0.857 bits per heavy atom. The molecule has 3 aliphatic rings. The molecular formula is C45H55F2N4O10PS. The molecular weight excluding hydrogens is 858 g/mol. The second-order valence-corrected chi connectivity index (χ2v) is 21.6. The third-order valence-corrected chi connectivity index (χ3v) is 14.6. The maximum Gasteiger partial charge on any atom is 0.410 e. The van der Waals surface area contributed by atoms with Gasteiger partial charge in [-0.2, -0.15) is 14.0 Å². The number of nitrogens with zero attached hydrogens (tertiary/aromatic N) is 3. The Kier molecular flexibility index (Phi) is 14.5. The van der Waals surface area contributed by atoms with E-state index in [0.717, 1.165) is 54.7 Å². The number of nitriles is 1. The zero-order valence-corrected chi connectivity index (χ0v) is 38.1. The quantitative estimate of drug-likeness (QED) is 0.105. The predicted octanol–water partition coefficient (Wildman–Crippen LogP) is 8.46. The maximum atomic E-state index is 16.3. The molecule has 3 amide bonds. The largest absolute Gasteiger partial charge is 0.438 e. The molecule has 0 radical (unpaired) electrons. The number of nitrogens with one attached hydrogen (secondary N) is 1. The van der Waals surface area contributed by atoms with Crippen molar-refractivity contribution in [2.24, 2.45) is 16.7 Å². The van der Waals surface area contributed by atoms with Gasteiger partial charge in [0.05, 0.1) is 27.7 Å². The van der Waals surface area contributed by atoms with Crippen LogP contribution in [0.15, 0.2) is 54.6 Å². The van der Waals surface area contributed by atoms with Crippen LogP contribution in [0.3, 0.4) is 0 Å². The van der Waals surface area contributed by atoms with Crippen molar-refractivity contribution in [3.8, 4) is 6.07 Å². The summed E-state index contributed by atoms with van der Waals surface area (Å²) in [5.41, 5.74) is -6.27. The lowest BCUT2D eigenvalue weighted by Gasteiger charge is -2.45. The molecule has 1 aromatic heterocycles. The lowest BCUT2D eigenvalue weighted by molar-refractivity contribution is -0.163. The number of carbonyl (C=O) groups is 5. The minimum absolute atomic E-state index is 0.119. The zero-order valence-electron chi connectivity index (χ0n) is 36.4. The molecule has 5 atom stereocenters. The van der Waals surface area contributed by atoms with Gasteiger partial charge in [-0.15, -0.1) is 11.3 Å². The highest BCUT2D eigenvalue weighted by Crippen LogP contribution is 2.67. The highest BCUT2D eigenvalue weighted by molar-refractivity contribution is 7.54. The SMILES string of the molecule is CC(C)(C)C(=O)OCOP(=O)(OCOC(=O)C(C)(C)C)C(F)(F)c1ccc2sc(C(=O)N[C@H]3CCCC[C@H]4CCC[C@@H](C(=O)N5CC(c6ccccc6)[C@H](C#N)C5)N4C3=O)cc2c1. The summed E-state index contributed by atoms with van der Waals surface area (Å²) < 4.78 is 66.9. The van der Waals surface area contributed by atoms with Gasteiger partial charge in [0.25, 0.3) is 5.91 Å². The van der Waals surface area contributed by atoms with Gasteiger partial charge in [-0.1, -0.05) is 49.2 Å². The summed E-state index contributed by atoms with van der Waals surface area (Å²) in [5.74, 6) is -3.36. The molecule has 1 N–H and O–H groups in total. The highest BCUT2D eigenvalue weighted by Gasteiger charge is 2.56. The number of fused-ring (bicyclic) bond motifs is 2. The monoisotopic (exact) mass is 912 g/mol. The van der Waals surface area contributed by atoms with Gasteiger partial charge in [-0.05, 0) is 103 Å². The third kappa shape index (κ3) is 10.6. The van der Waals surface area contributed by atoms with Crippen LogP contribution in [-0.4, -0.2) is 84.3 Å². The van der Waals surface area contributed by atoms with Crippen LogP contribution in [0.2, 0.25) is 0 Å². The van der Waals surface area contributed by atoms with Gasteiger partial charge in [-0.3, -0.25) is 37.6 Å². The van der Waals surface area contributed by atoms with Crippen LogP contribution in [0.1, 0.15) is 113 Å². The lowest BCUT2D eigenvalue weighted by atomic mass is 9.88. The summed E-state index contributed by atoms with van der Waals surface area (Å²) in [4.78, 5) is 70.8. The van der Waals surface area contributed by atoms with Crippen LogP contribution in [0, 0.1) is 28.1 Å². The molecule has 18 heteroatoms. The smallest absolute Gasteiger partial charge is 0.410 e. The van der Waals surface area contributed by atoms with E-state index in [1.54, 1.807) is 9.80 Å². The average molecular weight is 913 g/mol. The number of amides is 3. The van der Waals surface area contributed by atoms with E-state index in [4.69, 9.17) is 18.5 Å². The Hall–Kier alpha value is -4.75. The minimum atomic E-state index is -5.59. The van der Waals surface area contributed by atoms with Crippen LogP contribution < -0.4 is 5.32 Å². The van der Waals surface area contributed by atoms with Crippen molar-refractivity contribution < 1.29 is 55.8 Å². The molecule has 3 aliphatic heterocycles. The van der Waals surface area contributed by atoms with E-state index in [1.807, 2.05) is 30.3 Å². The van der Waals surface area contributed by atoms with E-state index in [-0.39, 0.29) is 40.6 Å². The number of thiophene rings is 1. The van der Waals surface area contributed by atoms with E-state index in [2.05, 4.69) is 11.4 Å². The summed E-state index contributed by atoms with van der Waals surface area (Å²) in [7, 11) is -5.59. The second-order valence-electron chi connectivity index (χ2n) is 18.4. The number of halogens is 2. The molecule has 3 saturated heterocycles. The topological polar surface area (TPSA) is 182 Å². The Bertz CT molecular complexity index is 2250. The summed E-state index contributed by atoms with van der Waals surface area (Å²) >= 11 is 1.00. The highest BCUT2D eigenvalue weighted by atomic mass is 32.1. The molecule has 0 bridgehead atoms. The van der Waals surface area contributed by atoms with Crippen LogP contribution >= 0.6 is 18.9 Å². The number of benzene rings is 2. The van der Waals surface area contributed by atoms with E-state index in [1.165, 1.54) is 53.7 Å². The van der Waals surface area contributed by atoms with Crippen molar-refractivity contribution in [2.45, 2.75) is 116 Å². The number of ether oxygens (including phenoxy) is 2.